The molecule has 2 aromatic rings. The van der Waals surface area contributed by atoms with E-state index >= 15 is 0 Å². The van der Waals surface area contributed by atoms with E-state index in [1.54, 1.807) is 13.0 Å². The van der Waals surface area contributed by atoms with Gasteiger partial charge in [-0.1, -0.05) is 16.8 Å². The summed E-state index contributed by atoms with van der Waals surface area (Å²) in [5.74, 6) is 0.466. The van der Waals surface area contributed by atoms with E-state index in [9.17, 15) is 9.18 Å². The van der Waals surface area contributed by atoms with Crippen LogP contribution in [0, 0.1) is 24.6 Å². The molecule has 0 unspecified atom stereocenters. The molecule has 4 rings (SSSR count). The second-order valence-electron chi connectivity index (χ2n) is 6.42. The van der Waals surface area contributed by atoms with Gasteiger partial charge in [-0.15, -0.1) is 5.10 Å². The van der Waals surface area contributed by atoms with E-state index in [-0.39, 0.29) is 10.9 Å². The SMILES string of the molecule is Cc1c(C(=O)N2C[C@H]3CNC[C@H]3C2)nnn1-c1ccc(F)c(Cl)c1. The molecule has 2 atom stereocenters. The van der Waals surface area contributed by atoms with Gasteiger partial charge >= 0.3 is 0 Å². The molecule has 2 aliphatic rings. The molecule has 0 aliphatic carbocycles. The maximum atomic E-state index is 13.3. The van der Waals surface area contributed by atoms with Crippen molar-refractivity contribution in [1.82, 2.24) is 25.2 Å². The average Bonchev–Trinajstić information content (AvgIpc) is 3.23. The Morgan fingerprint density at radius 1 is 1.33 bits per heavy atom. The molecule has 1 N–H and O–H groups in total. The first kappa shape index (κ1) is 15.5. The summed E-state index contributed by atoms with van der Waals surface area (Å²) in [5, 5.41) is 11.5. The Morgan fingerprint density at radius 3 is 2.71 bits per heavy atom. The number of aromatic nitrogens is 3. The smallest absolute Gasteiger partial charge is 0.276 e. The van der Waals surface area contributed by atoms with Crippen LogP contribution in [-0.4, -0.2) is 52.0 Å². The molecule has 0 bridgehead atoms. The van der Waals surface area contributed by atoms with E-state index in [0.29, 0.717) is 28.9 Å². The van der Waals surface area contributed by atoms with E-state index in [1.165, 1.54) is 16.8 Å². The van der Waals surface area contributed by atoms with Crippen molar-refractivity contribution in [2.75, 3.05) is 26.2 Å². The van der Waals surface area contributed by atoms with Crippen LogP contribution in [-0.2, 0) is 0 Å². The first-order valence-corrected chi connectivity index (χ1v) is 8.30. The predicted octanol–water partition coefficient (Wildman–Crippen LogP) is 1.66. The molecule has 1 amide bonds. The van der Waals surface area contributed by atoms with E-state index in [0.717, 1.165) is 26.2 Å². The molecule has 126 valence electrons. The number of benzene rings is 1. The molecule has 6 nitrogen and oxygen atoms in total. The van der Waals surface area contributed by atoms with Gasteiger partial charge in [-0.2, -0.15) is 0 Å². The number of fused-ring (bicyclic) bond motifs is 1. The molecule has 2 aliphatic heterocycles. The zero-order chi connectivity index (χ0) is 16.8. The Balaban J connectivity index is 1.60. The quantitative estimate of drug-likeness (QED) is 0.895. The lowest BCUT2D eigenvalue weighted by molar-refractivity contribution is 0.0775. The summed E-state index contributed by atoms with van der Waals surface area (Å²) in [6, 6.07) is 4.30. The van der Waals surface area contributed by atoms with Crippen LogP contribution < -0.4 is 5.32 Å². The van der Waals surface area contributed by atoms with Gasteiger partial charge in [0.2, 0.25) is 0 Å². The van der Waals surface area contributed by atoms with Crippen molar-refractivity contribution >= 4 is 17.5 Å². The molecule has 0 radical (unpaired) electrons. The summed E-state index contributed by atoms with van der Waals surface area (Å²) in [6.07, 6.45) is 0. The number of carbonyl (C=O) groups is 1. The van der Waals surface area contributed by atoms with Gasteiger partial charge < -0.3 is 10.2 Å². The molecule has 24 heavy (non-hydrogen) atoms. The topological polar surface area (TPSA) is 63.1 Å². The second kappa shape index (κ2) is 5.82. The van der Waals surface area contributed by atoms with E-state index in [4.69, 9.17) is 11.6 Å². The number of halogens is 2. The molecule has 2 fully saturated rings. The highest BCUT2D eigenvalue weighted by Crippen LogP contribution is 2.28. The maximum Gasteiger partial charge on any atom is 0.276 e. The summed E-state index contributed by atoms with van der Waals surface area (Å²) < 4.78 is 14.8. The van der Waals surface area contributed by atoms with Gasteiger partial charge in [-0.05, 0) is 37.0 Å². The van der Waals surface area contributed by atoms with Gasteiger partial charge in [0.15, 0.2) is 5.69 Å². The molecule has 1 aromatic heterocycles. The maximum absolute atomic E-state index is 13.3. The Morgan fingerprint density at radius 2 is 2.04 bits per heavy atom. The van der Waals surface area contributed by atoms with E-state index in [2.05, 4.69) is 15.6 Å². The Hall–Kier alpha value is -1.99. The summed E-state index contributed by atoms with van der Waals surface area (Å²) in [5.41, 5.74) is 1.54. The lowest BCUT2D eigenvalue weighted by Gasteiger charge is -2.16. The van der Waals surface area contributed by atoms with E-state index in [1.807, 2.05) is 4.90 Å². The highest BCUT2D eigenvalue weighted by atomic mass is 35.5. The fourth-order valence-electron chi connectivity index (χ4n) is 3.56. The van der Waals surface area contributed by atoms with Crippen LogP contribution in [0.25, 0.3) is 5.69 Å². The molecule has 2 saturated heterocycles. The number of carbonyl (C=O) groups excluding carboxylic acids is 1. The van der Waals surface area contributed by atoms with Crippen molar-refractivity contribution in [3.63, 3.8) is 0 Å². The summed E-state index contributed by atoms with van der Waals surface area (Å²) in [7, 11) is 0. The third kappa shape index (κ3) is 2.48. The van der Waals surface area contributed by atoms with Crippen molar-refractivity contribution in [2.45, 2.75) is 6.92 Å². The Labute approximate surface area is 143 Å². The van der Waals surface area contributed by atoms with E-state index < -0.39 is 5.82 Å². The van der Waals surface area contributed by atoms with Crippen LogP contribution in [0.3, 0.4) is 0 Å². The molecule has 3 heterocycles. The number of nitrogens with zero attached hydrogens (tertiary/aromatic N) is 4. The van der Waals surface area contributed by atoms with Crippen LogP contribution in [0.4, 0.5) is 4.39 Å². The monoisotopic (exact) mass is 349 g/mol. The number of likely N-dealkylation sites (tertiary alicyclic amines) is 1. The average molecular weight is 350 g/mol. The van der Waals surface area contributed by atoms with Crippen molar-refractivity contribution in [3.05, 3.63) is 40.4 Å². The van der Waals surface area contributed by atoms with Crippen LogP contribution in [0.2, 0.25) is 5.02 Å². The van der Waals surface area contributed by atoms with Crippen molar-refractivity contribution < 1.29 is 9.18 Å². The highest BCUT2D eigenvalue weighted by molar-refractivity contribution is 6.30. The second-order valence-corrected chi connectivity index (χ2v) is 6.83. The van der Waals surface area contributed by atoms with Crippen LogP contribution in [0.5, 0.6) is 0 Å². The van der Waals surface area contributed by atoms with Gasteiger partial charge in [0.1, 0.15) is 5.82 Å². The van der Waals surface area contributed by atoms with Crippen LogP contribution in [0.1, 0.15) is 16.2 Å². The number of hydrogen-bond donors (Lipinski definition) is 1. The lowest BCUT2D eigenvalue weighted by Crippen LogP contribution is -2.32. The standard InChI is InChI=1S/C16H17ClFN5O/c1-9-15(16(24)22-7-10-5-19-6-11(10)8-22)20-21-23(9)12-2-3-14(18)13(17)4-12/h2-4,10-11,19H,5-8H2,1H3/t10-,11+. The van der Waals surface area contributed by atoms with Gasteiger partial charge in [-0.3, -0.25) is 4.79 Å². The molecule has 1 aromatic carbocycles. The zero-order valence-corrected chi connectivity index (χ0v) is 13.9. The van der Waals surface area contributed by atoms with Crippen LogP contribution in [0.15, 0.2) is 18.2 Å². The van der Waals surface area contributed by atoms with Crippen LogP contribution >= 0.6 is 11.6 Å². The number of rotatable bonds is 2. The molecular weight excluding hydrogens is 333 g/mol. The minimum Gasteiger partial charge on any atom is -0.337 e. The molecular formula is C16H17ClFN5O. The molecule has 8 heteroatoms. The van der Waals surface area contributed by atoms with Gasteiger partial charge in [0.25, 0.3) is 5.91 Å². The Bertz CT molecular complexity index is 796. The number of hydrogen-bond acceptors (Lipinski definition) is 4. The van der Waals surface area contributed by atoms with Gasteiger partial charge in [0.05, 0.1) is 16.4 Å². The number of amides is 1. The third-order valence-corrected chi connectivity index (χ3v) is 5.21. The fourth-order valence-corrected chi connectivity index (χ4v) is 3.73. The van der Waals surface area contributed by atoms with Crippen molar-refractivity contribution in [3.8, 4) is 5.69 Å². The molecule has 0 saturated carbocycles. The van der Waals surface area contributed by atoms with Crippen molar-refractivity contribution in [1.29, 1.82) is 0 Å². The zero-order valence-electron chi connectivity index (χ0n) is 13.2. The highest BCUT2D eigenvalue weighted by Gasteiger charge is 2.39. The third-order valence-electron chi connectivity index (χ3n) is 4.92. The number of nitrogens with one attached hydrogen (secondary N) is 1. The van der Waals surface area contributed by atoms with Gasteiger partial charge in [0, 0.05) is 26.2 Å². The predicted molar refractivity (Wildman–Crippen MR) is 86.8 cm³/mol. The molecule has 0 spiro atoms. The summed E-state index contributed by atoms with van der Waals surface area (Å²) in [6.45, 7) is 5.22. The minimum atomic E-state index is -0.494. The normalized spacial score (nSPS) is 22.9. The Kier molecular flexibility index (Phi) is 3.77. The first-order chi connectivity index (χ1) is 11.5. The van der Waals surface area contributed by atoms with Gasteiger partial charge in [-0.25, -0.2) is 9.07 Å². The van der Waals surface area contributed by atoms with Crippen molar-refractivity contribution in [2.24, 2.45) is 11.8 Å². The lowest BCUT2D eigenvalue weighted by atomic mass is 10.0. The summed E-state index contributed by atoms with van der Waals surface area (Å²) in [4.78, 5) is 14.6. The largest absolute Gasteiger partial charge is 0.337 e. The minimum absolute atomic E-state index is 0.00939. The first-order valence-electron chi connectivity index (χ1n) is 7.92. The fraction of sp³-hybridized carbons (Fsp3) is 0.438. The summed E-state index contributed by atoms with van der Waals surface area (Å²) >= 11 is 5.83.